The highest BCUT2D eigenvalue weighted by atomic mass is 28.4. The first-order valence-corrected chi connectivity index (χ1v) is 14.7. The smallest absolute Gasteiger partial charge is 0.310 e. The zero-order chi connectivity index (χ0) is 23.7. The molecular weight excluding hydrogens is 436 g/mol. The molecule has 7 heteroatoms. The lowest BCUT2D eigenvalue weighted by atomic mass is 9.88. The molecule has 1 saturated heterocycles. The van der Waals surface area contributed by atoms with Crippen LogP contribution in [0.1, 0.15) is 69.0 Å². The van der Waals surface area contributed by atoms with Gasteiger partial charge in [-0.15, -0.1) is 0 Å². The monoisotopic (exact) mass is 468 g/mol. The summed E-state index contributed by atoms with van der Waals surface area (Å²) in [4.78, 5) is 25.4. The number of rotatable bonds is 4. The van der Waals surface area contributed by atoms with E-state index in [2.05, 4.69) is 40.8 Å². The van der Waals surface area contributed by atoms with E-state index in [4.69, 9.17) is 18.6 Å². The van der Waals surface area contributed by atoms with E-state index in [0.717, 1.165) is 10.8 Å². The molecule has 0 N–H and O–H groups in total. The van der Waals surface area contributed by atoms with Crippen LogP contribution in [0.4, 0.5) is 0 Å². The molecule has 1 fully saturated rings. The van der Waals surface area contributed by atoms with Crippen LogP contribution < -0.4 is 9.47 Å². The minimum absolute atomic E-state index is 0.00924. The Kier molecular flexibility index (Phi) is 5.14. The molecule has 2 aromatic rings. The van der Waals surface area contributed by atoms with Crippen molar-refractivity contribution in [2.45, 2.75) is 89.5 Å². The highest BCUT2D eigenvalue weighted by molar-refractivity contribution is 6.74. The number of ketones is 1. The normalized spacial score (nSPS) is 25.1. The molecule has 0 saturated carbocycles. The van der Waals surface area contributed by atoms with Gasteiger partial charge in [0, 0.05) is 29.7 Å². The fraction of sp³-hybridized carbons (Fsp3) is 0.538. The zero-order valence-corrected chi connectivity index (χ0v) is 21.2. The summed E-state index contributed by atoms with van der Waals surface area (Å²) in [6.45, 7) is 13.2. The molecule has 4 atom stereocenters. The van der Waals surface area contributed by atoms with Crippen molar-refractivity contribution in [2.24, 2.45) is 0 Å². The summed E-state index contributed by atoms with van der Waals surface area (Å²) >= 11 is 0. The van der Waals surface area contributed by atoms with Gasteiger partial charge in [0.2, 0.25) is 0 Å². The molecule has 6 nitrogen and oxygen atoms in total. The van der Waals surface area contributed by atoms with Gasteiger partial charge in [-0.1, -0.05) is 45.0 Å². The summed E-state index contributed by atoms with van der Waals surface area (Å²) in [5, 5.41) is 1.85. The van der Waals surface area contributed by atoms with Crippen LogP contribution in [-0.4, -0.2) is 38.4 Å². The number of carbonyl (C=O) groups is 2. The first-order valence-electron chi connectivity index (χ1n) is 11.8. The van der Waals surface area contributed by atoms with Crippen LogP contribution in [0.25, 0.3) is 10.8 Å². The van der Waals surface area contributed by atoms with E-state index in [1.165, 1.54) is 0 Å². The summed E-state index contributed by atoms with van der Waals surface area (Å²) in [5.41, 5.74) is 1.19. The highest BCUT2D eigenvalue weighted by Crippen LogP contribution is 2.54. The van der Waals surface area contributed by atoms with Crippen molar-refractivity contribution in [2.75, 3.05) is 0 Å². The van der Waals surface area contributed by atoms with E-state index < -0.39 is 14.4 Å². The van der Waals surface area contributed by atoms with Crippen LogP contribution in [0.3, 0.4) is 0 Å². The van der Waals surface area contributed by atoms with E-state index in [0.29, 0.717) is 29.0 Å². The molecule has 5 rings (SSSR count). The maximum atomic E-state index is 13.5. The number of ether oxygens (including phenoxy) is 3. The van der Waals surface area contributed by atoms with E-state index in [1.807, 2.05) is 24.3 Å². The Balaban J connectivity index is 1.49. The van der Waals surface area contributed by atoms with Gasteiger partial charge < -0.3 is 18.6 Å². The molecular formula is C26H32O6Si. The highest BCUT2D eigenvalue weighted by Gasteiger charge is 2.49. The van der Waals surface area contributed by atoms with Crippen LogP contribution in [0, 0.1) is 0 Å². The number of hydrogen-bond donors (Lipinski definition) is 0. The predicted octanol–water partition coefficient (Wildman–Crippen LogP) is 5.72. The summed E-state index contributed by atoms with van der Waals surface area (Å²) in [7, 11) is -1.93. The lowest BCUT2D eigenvalue weighted by Crippen LogP contribution is -2.44. The summed E-state index contributed by atoms with van der Waals surface area (Å²) in [6, 6.07) is 7.81. The third-order valence-electron chi connectivity index (χ3n) is 7.55. The maximum Gasteiger partial charge on any atom is 0.310 e. The quantitative estimate of drug-likeness (QED) is 0.422. The van der Waals surface area contributed by atoms with Crippen LogP contribution in [0.5, 0.6) is 11.5 Å². The Hall–Kier alpha value is -2.38. The van der Waals surface area contributed by atoms with Gasteiger partial charge >= 0.3 is 5.97 Å². The third-order valence-corrected chi connectivity index (χ3v) is 12.2. The van der Waals surface area contributed by atoms with Gasteiger partial charge in [-0.2, -0.15) is 0 Å². The van der Waals surface area contributed by atoms with Crippen molar-refractivity contribution in [3.05, 3.63) is 35.4 Å². The van der Waals surface area contributed by atoms with Gasteiger partial charge in [-0.3, -0.25) is 9.59 Å². The molecule has 0 spiro atoms. The van der Waals surface area contributed by atoms with Gasteiger partial charge in [-0.25, -0.2) is 0 Å². The minimum atomic E-state index is -1.93. The maximum absolute atomic E-state index is 13.5. The Morgan fingerprint density at radius 1 is 1.03 bits per heavy atom. The second-order valence-corrected chi connectivity index (χ2v) is 15.8. The third kappa shape index (κ3) is 3.65. The first-order chi connectivity index (χ1) is 15.5. The van der Waals surface area contributed by atoms with Crippen molar-refractivity contribution in [1.29, 1.82) is 0 Å². The lowest BCUT2D eigenvalue weighted by Gasteiger charge is -2.39. The summed E-state index contributed by atoms with van der Waals surface area (Å²) in [6.07, 6.45) is -0.108. The zero-order valence-electron chi connectivity index (χ0n) is 20.2. The minimum Gasteiger partial charge on any atom is -0.488 e. The molecule has 0 aromatic heterocycles. The number of fused-ring (bicyclic) bond motifs is 8. The van der Waals surface area contributed by atoms with E-state index in [9.17, 15) is 9.59 Å². The number of benzene rings is 2. The summed E-state index contributed by atoms with van der Waals surface area (Å²) < 4.78 is 24.7. The van der Waals surface area contributed by atoms with Crippen LogP contribution in [0.2, 0.25) is 18.1 Å². The average Bonchev–Trinajstić information content (AvgIpc) is 3.23. The van der Waals surface area contributed by atoms with Gasteiger partial charge in [-0.05, 0) is 25.1 Å². The molecule has 3 aliphatic rings. The van der Waals surface area contributed by atoms with Gasteiger partial charge in [0.15, 0.2) is 26.3 Å². The second kappa shape index (κ2) is 7.57. The Bertz CT molecular complexity index is 1150. The molecule has 0 bridgehead atoms. The Labute approximate surface area is 195 Å². The molecule has 0 unspecified atom stereocenters. The van der Waals surface area contributed by atoms with Gasteiger partial charge in [0.1, 0.15) is 17.6 Å². The van der Waals surface area contributed by atoms with Crippen molar-refractivity contribution in [3.63, 3.8) is 0 Å². The number of hydrogen-bond acceptors (Lipinski definition) is 6. The van der Waals surface area contributed by atoms with Crippen LogP contribution in [0.15, 0.2) is 24.3 Å². The van der Waals surface area contributed by atoms with Crippen molar-refractivity contribution < 1.29 is 28.2 Å². The van der Waals surface area contributed by atoms with Crippen LogP contribution in [-0.2, 0) is 14.0 Å². The fourth-order valence-corrected chi connectivity index (χ4v) is 6.43. The summed E-state index contributed by atoms with van der Waals surface area (Å²) in [5.74, 6) is 0.945. The van der Waals surface area contributed by atoms with Crippen LogP contribution >= 0.6 is 0 Å². The fourth-order valence-electron chi connectivity index (χ4n) is 4.98. The number of esters is 1. The van der Waals surface area contributed by atoms with Gasteiger partial charge in [0.25, 0.3) is 0 Å². The molecule has 33 heavy (non-hydrogen) atoms. The Morgan fingerprint density at radius 3 is 2.36 bits per heavy atom. The lowest BCUT2D eigenvalue weighted by molar-refractivity contribution is -0.141. The standard InChI is InChI=1S/C26H32O6Si/c1-14(32-33(5,6)26(2,3)4)11-15-12-18(27)21-22-24(30-19-13-20(28)31-25(19)22)17-10-8-7-9-16(17)23(21)29-15/h7-10,14-15,19,25H,11-13H2,1-6H3/t14-,15-,19+,25-/m0/s1. The van der Waals surface area contributed by atoms with Crippen molar-refractivity contribution in [3.8, 4) is 11.5 Å². The molecule has 0 amide bonds. The van der Waals surface area contributed by atoms with E-state index in [-0.39, 0.29) is 47.9 Å². The van der Waals surface area contributed by atoms with E-state index >= 15 is 0 Å². The predicted molar refractivity (Wildman–Crippen MR) is 128 cm³/mol. The molecule has 0 radical (unpaired) electrons. The topological polar surface area (TPSA) is 71.1 Å². The van der Waals surface area contributed by atoms with E-state index in [1.54, 1.807) is 0 Å². The van der Waals surface area contributed by atoms with Gasteiger partial charge in [0.05, 0.1) is 17.5 Å². The van der Waals surface area contributed by atoms with Crippen molar-refractivity contribution in [1.82, 2.24) is 0 Å². The number of Topliss-reactive ketones (excluding diaryl/α,β-unsaturated/α-hetero) is 1. The molecule has 3 aliphatic heterocycles. The molecule has 176 valence electrons. The molecule has 0 aliphatic carbocycles. The molecule has 3 heterocycles. The molecule has 2 aromatic carbocycles. The number of carbonyl (C=O) groups excluding carboxylic acids is 2. The SMILES string of the molecule is C[C@@H](C[C@H]1CC(=O)c2c3c(c4ccccc4c2O1)O[C@@H]1CC(=O)O[C@H]31)O[Si](C)(C)C(C)(C)C. The van der Waals surface area contributed by atoms with Crippen molar-refractivity contribution >= 4 is 30.8 Å². The second-order valence-electron chi connectivity index (χ2n) is 11.1. The Morgan fingerprint density at radius 2 is 1.70 bits per heavy atom. The average molecular weight is 469 g/mol. The first kappa shape index (κ1) is 22.4. The largest absolute Gasteiger partial charge is 0.488 e.